The molecule has 1 aliphatic rings. The average molecular weight is 293 g/mol. The van der Waals surface area contributed by atoms with E-state index in [9.17, 15) is 4.79 Å². The van der Waals surface area contributed by atoms with Crippen LogP contribution in [0.2, 0.25) is 0 Å². The second-order valence-electron chi connectivity index (χ2n) is 5.14. The number of hydrogen-bond donors (Lipinski definition) is 2. The second-order valence-corrected chi connectivity index (χ2v) is 6.22. The third kappa shape index (κ3) is 3.88. The standard InChI is InChI=1S/C15H23N3OS/c1-3-8-16-11-7-9-17-13(10-11)15(19)18-12-5-4-6-14(12)20-2/h7,9-10,12,14H,3-6,8H2,1-2H3,(H,16,17)(H,18,19). The lowest BCUT2D eigenvalue weighted by molar-refractivity contribution is 0.0933. The van der Waals surface area contributed by atoms with Crippen molar-refractivity contribution in [1.29, 1.82) is 0 Å². The number of anilines is 1. The van der Waals surface area contributed by atoms with Gasteiger partial charge in [-0.3, -0.25) is 9.78 Å². The Hall–Kier alpha value is -1.23. The fourth-order valence-corrected chi connectivity index (χ4v) is 3.48. The summed E-state index contributed by atoms with van der Waals surface area (Å²) in [5.41, 5.74) is 1.46. The zero-order chi connectivity index (χ0) is 14.4. The van der Waals surface area contributed by atoms with Crippen LogP contribution in [0.1, 0.15) is 43.1 Å². The van der Waals surface area contributed by atoms with E-state index >= 15 is 0 Å². The van der Waals surface area contributed by atoms with Gasteiger partial charge in [0.1, 0.15) is 5.69 Å². The molecule has 1 amide bonds. The van der Waals surface area contributed by atoms with Gasteiger partial charge in [0.05, 0.1) is 0 Å². The van der Waals surface area contributed by atoms with E-state index in [1.165, 1.54) is 12.8 Å². The van der Waals surface area contributed by atoms with Gasteiger partial charge in [-0.2, -0.15) is 11.8 Å². The lowest BCUT2D eigenvalue weighted by Gasteiger charge is -2.19. The lowest BCUT2D eigenvalue weighted by atomic mass is 10.2. The Balaban J connectivity index is 1.98. The highest BCUT2D eigenvalue weighted by Gasteiger charge is 2.28. The van der Waals surface area contributed by atoms with Gasteiger partial charge in [-0.05, 0) is 37.7 Å². The van der Waals surface area contributed by atoms with Gasteiger partial charge in [0, 0.05) is 29.7 Å². The molecule has 2 rings (SSSR count). The van der Waals surface area contributed by atoms with Crippen molar-refractivity contribution in [2.75, 3.05) is 18.1 Å². The van der Waals surface area contributed by atoms with E-state index in [1.807, 2.05) is 23.9 Å². The van der Waals surface area contributed by atoms with E-state index in [1.54, 1.807) is 6.20 Å². The van der Waals surface area contributed by atoms with Crippen molar-refractivity contribution in [3.05, 3.63) is 24.0 Å². The SMILES string of the molecule is CCCNc1ccnc(C(=O)NC2CCCC2SC)c1. The number of amides is 1. The maximum absolute atomic E-state index is 12.3. The quantitative estimate of drug-likeness (QED) is 0.847. The highest BCUT2D eigenvalue weighted by atomic mass is 32.2. The first-order valence-electron chi connectivity index (χ1n) is 7.28. The number of carbonyl (C=O) groups is 1. The van der Waals surface area contributed by atoms with Crippen molar-refractivity contribution in [2.24, 2.45) is 0 Å². The Morgan fingerprint density at radius 3 is 3.10 bits per heavy atom. The average Bonchev–Trinajstić information content (AvgIpc) is 2.92. The van der Waals surface area contributed by atoms with Crippen LogP contribution in [0, 0.1) is 0 Å². The molecule has 1 aromatic rings. The number of thioether (sulfide) groups is 1. The largest absolute Gasteiger partial charge is 0.385 e. The summed E-state index contributed by atoms with van der Waals surface area (Å²) < 4.78 is 0. The van der Waals surface area contributed by atoms with E-state index in [4.69, 9.17) is 0 Å². The molecule has 5 heteroatoms. The first-order valence-corrected chi connectivity index (χ1v) is 8.57. The third-order valence-corrected chi connectivity index (χ3v) is 4.81. The van der Waals surface area contributed by atoms with Crippen LogP contribution < -0.4 is 10.6 Å². The van der Waals surface area contributed by atoms with Gasteiger partial charge in [-0.1, -0.05) is 13.3 Å². The molecule has 110 valence electrons. The van der Waals surface area contributed by atoms with Gasteiger partial charge in [-0.15, -0.1) is 0 Å². The fraction of sp³-hybridized carbons (Fsp3) is 0.600. The molecule has 2 unspecified atom stereocenters. The summed E-state index contributed by atoms with van der Waals surface area (Å²) >= 11 is 1.84. The lowest BCUT2D eigenvalue weighted by Crippen LogP contribution is -2.39. The summed E-state index contributed by atoms with van der Waals surface area (Å²) in [5, 5.41) is 6.95. The second kappa shape index (κ2) is 7.53. The molecule has 0 aliphatic heterocycles. The van der Waals surface area contributed by atoms with Gasteiger partial charge < -0.3 is 10.6 Å². The minimum absolute atomic E-state index is 0.0592. The Morgan fingerprint density at radius 1 is 1.50 bits per heavy atom. The zero-order valence-corrected chi connectivity index (χ0v) is 13.0. The van der Waals surface area contributed by atoms with Crippen molar-refractivity contribution in [1.82, 2.24) is 10.3 Å². The van der Waals surface area contributed by atoms with Gasteiger partial charge >= 0.3 is 0 Å². The van der Waals surface area contributed by atoms with Crippen molar-refractivity contribution in [3.8, 4) is 0 Å². The number of pyridine rings is 1. The third-order valence-electron chi connectivity index (χ3n) is 3.64. The number of nitrogens with one attached hydrogen (secondary N) is 2. The number of carbonyl (C=O) groups excluding carboxylic acids is 1. The topological polar surface area (TPSA) is 54.0 Å². The molecule has 20 heavy (non-hydrogen) atoms. The fourth-order valence-electron chi connectivity index (χ4n) is 2.55. The Morgan fingerprint density at radius 2 is 2.35 bits per heavy atom. The molecule has 0 spiro atoms. The number of nitrogens with zero attached hydrogens (tertiary/aromatic N) is 1. The normalized spacial score (nSPS) is 21.7. The summed E-state index contributed by atoms with van der Waals surface area (Å²) in [6, 6.07) is 4.01. The van der Waals surface area contributed by atoms with Gasteiger partial charge in [0.25, 0.3) is 5.91 Å². The molecule has 1 heterocycles. The maximum atomic E-state index is 12.3. The highest BCUT2D eigenvalue weighted by molar-refractivity contribution is 7.99. The molecule has 0 bridgehead atoms. The molecule has 1 saturated carbocycles. The predicted molar refractivity (Wildman–Crippen MR) is 85.4 cm³/mol. The van der Waals surface area contributed by atoms with Crippen LogP contribution in [0.5, 0.6) is 0 Å². The van der Waals surface area contributed by atoms with E-state index in [0.29, 0.717) is 10.9 Å². The molecular formula is C15H23N3OS. The van der Waals surface area contributed by atoms with Crippen LogP contribution in [-0.2, 0) is 0 Å². The monoisotopic (exact) mass is 293 g/mol. The van der Waals surface area contributed by atoms with Crippen LogP contribution in [-0.4, -0.2) is 35.0 Å². The summed E-state index contributed by atoms with van der Waals surface area (Å²) in [4.78, 5) is 16.5. The molecule has 2 N–H and O–H groups in total. The first kappa shape index (κ1) is 15.2. The van der Waals surface area contributed by atoms with Gasteiger partial charge in [0.15, 0.2) is 0 Å². The minimum Gasteiger partial charge on any atom is -0.385 e. The highest BCUT2D eigenvalue weighted by Crippen LogP contribution is 2.28. The van der Waals surface area contributed by atoms with Crippen LogP contribution in [0.3, 0.4) is 0 Å². The molecule has 0 radical (unpaired) electrons. The van der Waals surface area contributed by atoms with Gasteiger partial charge in [0.2, 0.25) is 0 Å². The first-order chi connectivity index (χ1) is 9.74. The van der Waals surface area contributed by atoms with Crippen molar-refractivity contribution >= 4 is 23.4 Å². The van der Waals surface area contributed by atoms with E-state index < -0.39 is 0 Å². The van der Waals surface area contributed by atoms with Crippen molar-refractivity contribution < 1.29 is 4.79 Å². The van der Waals surface area contributed by atoms with E-state index in [0.717, 1.165) is 25.1 Å². The van der Waals surface area contributed by atoms with Crippen LogP contribution >= 0.6 is 11.8 Å². The van der Waals surface area contributed by atoms with E-state index in [-0.39, 0.29) is 11.9 Å². The Kier molecular flexibility index (Phi) is 5.71. The molecule has 0 saturated heterocycles. The Bertz CT molecular complexity index is 452. The predicted octanol–water partition coefficient (Wildman–Crippen LogP) is 2.92. The smallest absolute Gasteiger partial charge is 0.270 e. The van der Waals surface area contributed by atoms with Crippen molar-refractivity contribution in [2.45, 2.75) is 43.9 Å². The van der Waals surface area contributed by atoms with Crippen LogP contribution in [0.15, 0.2) is 18.3 Å². The van der Waals surface area contributed by atoms with Crippen LogP contribution in [0.25, 0.3) is 0 Å². The summed E-state index contributed by atoms with van der Waals surface area (Å²) in [7, 11) is 0. The molecular weight excluding hydrogens is 270 g/mol. The summed E-state index contributed by atoms with van der Waals surface area (Å²) in [6.45, 7) is 3.02. The number of aromatic nitrogens is 1. The number of hydrogen-bond acceptors (Lipinski definition) is 4. The Labute approximate surface area is 125 Å². The molecule has 1 fully saturated rings. The molecule has 0 aromatic carbocycles. The summed E-state index contributed by atoms with van der Waals surface area (Å²) in [5.74, 6) is -0.0592. The molecule has 4 nitrogen and oxygen atoms in total. The minimum atomic E-state index is -0.0592. The maximum Gasteiger partial charge on any atom is 0.270 e. The van der Waals surface area contributed by atoms with Crippen LogP contribution in [0.4, 0.5) is 5.69 Å². The molecule has 1 aromatic heterocycles. The number of rotatable bonds is 6. The van der Waals surface area contributed by atoms with Gasteiger partial charge in [-0.25, -0.2) is 0 Å². The summed E-state index contributed by atoms with van der Waals surface area (Å²) in [6.07, 6.45) is 8.32. The molecule has 2 atom stereocenters. The van der Waals surface area contributed by atoms with E-state index in [2.05, 4.69) is 28.8 Å². The molecule has 1 aliphatic carbocycles. The zero-order valence-electron chi connectivity index (χ0n) is 12.2. The van der Waals surface area contributed by atoms with Crippen molar-refractivity contribution in [3.63, 3.8) is 0 Å².